The molecular weight excluding hydrogens is 235 g/mol. The van der Waals surface area contributed by atoms with E-state index in [1.165, 1.54) is 38.3 Å². The van der Waals surface area contributed by atoms with E-state index in [4.69, 9.17) is 0 Å². The zero-order valence-corrected chi connectivity index (χ0v) is 9.41. The van der Waals surface area contributed by atoms with Crippen molar-refractivity contribution in [2.75, 3.05) is 18.6 Å². The Hall–Kier alpha value is -1.72. The fourth-order valence-electron chi connectivity index (χ4n) is 1.40. The molecule has 94 valence electrons. The molecule has 0 heterocycles. The number of nitrogens with zero attached hydrogens (tertiary/aromatic N) is 1. The summed E-state index contributed by atoms with van der Waals surface area (Å²) >= 11 is 0. The highest BCUT2D eigenvalue weighted by atomic mass is 19.4. The van der Waals surface area contributed by atoms with Crippen molar-refractivity contribution in [3.8, 4) is 0 Å². The Morgan fingerprint density at radius 3 is 2.18 bits per heavy atom. The van der Waals surface area contributed by atoms with Crippen LogP contribution >= 0.6 is 0 Å². The van der Waals surface area contributed by atoms with E-state index < -0.39 is 12.3 Å². The Morgan fingerprint density at radius 2 is 1.82 bits per heavy atom. The van der Waals surface area contributed by atoms with Gasteiger partial charge in [-0.2, -0.15) is 13.2 Å². The lowest BCUT2D eigenvalue weighted by molar-refractivity contribution is -0.128. The van der Waals surface area contributed by atoms with Crippen LogP contribution in [0.4, 0.5) is 18.9 Å². The number of methoxy groups -OCH3 is 1. The van der Waals surface area contributed by atoms with Gasteiger partial charge in [-0.3, -0.25) is 4.90 Å². The molecule has 0 radical (unpaired) electrons. The number of alkyl halides is 3. The number of hydrogen-bond donors (Lipinski definition) is 0. The smallest absolute Gasteiger partial charge is 0.465 e. The van der Waals surface area contributed by atoms with Crippen molar-refractivity contribution in [1.82, 2.24) is 0 Å². The van der Waals surface area contributed by atoms with Crippen molar-refractivity contribution < 1.29 is 22.7 Å². The third-order valence-electron chi connectivity index (χ3n) is 2.22. The van der Waals surface area contributed by atoms with Gasteiger partial charge in [0.2, 0.25) is 0 Å². The van der Waals surface area contributed by atoms with Crippen LogP contribution in [0.5, 0.6) is 0 Å². The van der Waals surface area contributed by atoms with Crippen LogP contribution in [0.1, 0.15) is 17.3 Å². The molecule has 0 aromatic heterocycles. The highest BCUT2D eigenvalue weighted by Crippen LogP contribution is 2.28. The summed E-state index contributed by atoms with van der Waals surface area (Å²) in [4.78, 5) is 11.4. The Morgan fingerprint density at radius 1 is 1.29 bits per heavy atom. The van der Waals surface area contributed by atoms with Crippen LogP contribution in [0.25, 0.3) is 0 Å². The lowest BCUT2D eigenvalue weighted by atomic mass is 10.2. The van der Waals surface area contributed by atoms with Gasteiger partial charge in [0.15, 0.2) is 0 Å². The first-order valence-electron chi connectivity index (χ1n) is 4.93. The van der Waals surface area contributed by atoms with Crippen LogP contribution in [0.2, 0.25) is 0 Å². The van der Waals surface area contributed by atoms with Crippen LogP contribution in [0.15, 0.2) is 24.3 Å². The summed E-state index contributed by atoms with van der Waals surface area (Å²) in [6, 6.07) is 5.08. The third-order valence-corrected chi connectivity index (χ3v) is 2.22. The minimum absolute atomic E-state index is 0.00680. The Balaban J connectivity index is 2.97. The molecule has 17 heavy (non-hydrogen) atoms. The Bertz CT molecular complexity index is 387. The predicted molar refractivity (Wildman–Crippen MR) is 56.9 cm³/mol. The quantitative estimate of drug-likeness (QED) is 0.607. The number of esters is 1. The van der Waals surface area contributed by atoms with Crippen LogP contribution in [0, 0.1) is 0 Å². The molecular formula is C11H12F3NO2. The normalized spacial score (nSPS) is 11.1. The van der Waals surface area contributed by atoms with Gasteiger partial charge in [-0.1, -0.05) is 0 Å². The molecule has 0 saturated heterocycles. The molecule has 0 aliphatic rings. The molecule has 0 amide bonds. The van der Waals surface area contributed by atoms with E-state index in [-0.39, 0.29) is 22.7 Å². The van der Waals surface area contributed by atoms with Crippen molar-refractivity contribution >= 4 is 11.7 Å². The van der Waals surface area contributed by atoms with Crippen LogP contribution < -0.4 is 4.90 Å². The van der Waals surface area contributed by atoms with Gasteiger partial charge in [0.1, 0.15) is 0 Å². The second-order valence-electron chi connectivity index (χ2n) is 3.25. The van der Waals surface area contributed by atoms with E-state index >= 15 is 0 Å². The molecule has 0 aliphatic carbocycles. The Labute approximate surface area is 96.8 Å². The molecule has 0 bridgehead atoms. The fraction of sp³-hybridized carbons (Fsp3) is 0.364. The van der Waals surface area contributed by atoms with E-state index in [0.717, 1.165) is 0 Å². The molecule has 1 aromatic carbocycles. The second-order valence-corrected chi connectivity index (χ2v) is 3.25. The summed E-state index contributed by atoms with van der Waals surface area (Å²) in [6.45, 7) is 1.21. The van der Waals surface area contributed by atoms with Gasteiger partial charge in [-0.25, -0.2) is 4.79 Å². The minimum atomic E-state index is -4.43. The summed E-state index contributed by atoms with van der Waals surface area (Å²) < 4.78 is 42.2. The summed E-state index contributed by atoms with van der Waals surface area (Å²) in [5, 5.41) is 0. The van der Waals surface area contributed by atoms with E-state index in [1.54, 1.807) is 0 Å². The van der Waals surface area contributed by atoms with Gasteiger partial charge in [0.05, 0.1) is 12.7 Å². The van der Waals surface area contributed by atoms with E-state index in [0.29, 0.717) is 0 Å². The summed E-state index contributed by atoms with van der Waals surface area (Å²) in [5.41, 5.74) is 0.210. The average Bonchev–Trinajstić information content (AvgIpc) is 2.28. The second kappa shape index (κ2) is 5.07. The van der Waals surface area contributed by atoms with Gasteiger partial charge in [-0.15, -0.1) is 0 Å². The maximum atomic E-state index is 12.6. The molecule has 1 aromatic rings. The molecule has 0 spiro atoms. The van der Waals surface area contributed by atoms with Gasteiger partial charge in [0, 0.05) is 12.2 Å². The molecule has 0 fully saturated rings. The van der Waals surface area contributed by atoms with Gasteiger partial charge in [0.25, 0.3) is 0 Å². The van der Waals surface area contributed by atoms with Crippen molar-refractivity contribution in [2.24, 2.45) is 0 Å². The first-order chi connectivity index (χ1) is 7.90. The van der Waals surface area contributed by atoms with Crippen molar-refractivity contribution in [2.45, 2.75) is 13.2 Å². The number of ether oxygens (including phenoxy) is 1. The molecule has 6 heteroatoms. The highest BCUT2D eigenvalue weighted by molar-refractivity contribution is 5.89. The van der Waals surface area contributed by atoms with Gasteiger partial charge >= 0.3 is 12.3 Å². The SMILES string of the molecule is CCN(c1ccc(C(=O)OC)cc1)C(F)(F)F. The van der Waals surface area contributed by atoms with Crippen LogP contribution in [-0.2, 0) is 4.74 Å². The summed E-state index contributed by atoms with van der Waals surface area (Å²) in [5.74, 6) is -0.577. The van der Waals surface area contributed by atoms with Gasteiger partial charge in [-0.05, 0) is 31.2 Å². The highest BCUT2D eigenvalue weighted by Gasteiger charge is 2.36. The maximum Gasteiger partial charge on any atom is 0.484 e. The first kappa shape index (κ1) is 13.3. The van der Waals surface area contributed by atoms with E-state index in [9.17, 15) is 18.0 Å². The molecule has 0 N–H and O–H groups in total. The van der Waals surface area contributed by atoms with Crippen molar-refractivity contribution in [1.29, 1.82) is 0 Å². The minimum Gasteiger partial charge on any atom is -0.465 e. The number of halogens is 3. The largest absolute Gasteiger partial charge is 0.484 e. The number of anilines is 1. The van der Waals surface area contributed by atoms with E-state index in [2.05, 4.69) is 4.74 Å². The van der Waals surface area contributed by atoms with E-state index in [1.807, 2.05) is 0 Å². The monoisotopic (exact) mass is 247 g/mol. The van der Waals surface area contributed by atoms with Crippen LogP contribution in [0.3, 0.4) is 0 Å². The number of benzene rings is 1. The average molecular weight is 247 g/mol. The topological polar surface area (TPSA) is 29.5 Å². The number of hydrogen-bond acceptors (Lipinski definition) is 3. The molecule has 0 saturated carbocycles. The molecule has 0 unspecified atom stereocenters. The Kier molecular flexibility index (Phi) is 3.98. The number of rotatable bonds is 3. The molecule has 3 nitrogen and oxygen atoms in total. The number of carbonyl (C=O) groups is 1. The van der Waals surface area contributed by atoms with Crippen LogP contribution in [-0.4, -0.2) is 25.9 Å². The third kappa shape index (κ3) is 3.12. The summed E-state index contributed by atoms with van der Waals surface area (Å²) in [7, 11) is 1.21. The lowest BCUT2D eigenvalue weighted by Gasteiger charge is -2.25. The standard InChI is InChI=1S/C11H12F3NO2/c1-3-15(11(12,13)14)9-6-4-8(5-7-9)10(16)17-2/h4-7H,3H2,1-2H3. The van der Waals surface area contributed by atoms with Crippen molar-refractivity contribution in [3.63, 3.8) is 0 Å². The number of carbonyl (C=O) groups excluding carboxylic acids is 1. The summed E-state index contributed by atoms with van der Waals surface area (Å²) in [6.07, 6.45) is -4.43. The zero-order chi connectivity index (χ0) is 13.1. The predicted octanol–water partition coefficient (Wildman–Crippen LogP) is 2.82. The zero-order valence-electron chi connectivity index (χ0n) is 9.41. The molecule has 0 atom stereocenters. The van der Waals surface area contributed by atoms with Gasteiger partial charge < -0.3 is 4.74 Å². The lowest BCUT2D eigenvalue weighted by Crippen LogP contribution is -2.37. The fourth-order valence-corrected chi connectivity index (χ4v) is 1.40. The maximum absolute atomic E-state index is 12.6. The van der Waals surface area contributed by atoms with Crippen molar-refractivity contribution in [3.05, 3.63) is 29.8 Å². The first-order valence-corrected chi connectivity index (χ1v) is 4.93. The molecule has 0 aliphatic heterocycles. The molecule has 1 rings (SSSR count).